The molecule has 4 nitrogen and oxygen atoms in total. The molecule has 0 saturated carbocycles. The summed E-state index contributed by atoms with van der Waals surface area (Å²) in [7, 11) is 1.48. The maximum Gasteiger partial charge on any atom is 0.185 e. The van der Waals surface area contributed by atoms with E-state index in [2.05, 4.69) is 10.2 Å². The lowest BCUT2D eigenvalue weighted by Gasteiger charge is -2.02. The highest BCUT2D eigenvalue weighted by molar-refractivity contribution is 6.06. The number of H-pyrrole nitrogens is 1. The number of rotatable bonds is 5. The number of aromatic amines is 1. The van der Waals surface area contributed by atoms with Crippen molar-refractivity contribution in [3.05, 3.63) is 77.7 Å². The van der Waals surface area contributed by atoms with E-state index in [4.69, 9.17) is 4.74 Å². The predicted octanol–water partition coefficient (Wildman–Crippen LogP) is 4.12. The minimum atomic E-state index is -0.420. The molecule has 0 amide bonds. The van der Waals surface area contributed by atoms with Gasteiger partial charge in [0.2, 0.25) is 0 Å². The van der Waals surface area contributed by atoms with Crippen molar-refractivity contribution >= 4 is 11.9 Å². The number of benzene rings is 2. The van der Waals surface area contributed by atoms with Crippen LogP contribution in [0.4, 0.5) is 4.39 Å². The second kappa shape index (κ2) is 6.91. The van der Waals surface area contributed by atoms with Gasteiger partial charge >= 0.3 is 0 Å². The van der Waals surface area contributed by atoms with Crippen molar-refractivity contribution < 1.29 is 13.9 Å². The zero-order chi connectivity index (χ0) is 16.9. The number of ether oxygens (including phenoxy) is 1. The van der Waals surface area contributed by atoms with E-state index in [0.29, 0.717) is 28.3 Å². The van der Waals surface area contributed by atoms with Crippen LogP contribution in [-0.4, -0.2) is 23.1 Å². The Balaban J connectivity index is 1.79. The van der Waals surface area contributed by atoms with Crippen molar-refractivity contribution in [1.29, 1.82) is 0 Å². The molecule has 0 radical (unpaired) electrons. The summed E-state index contributed by atoms with van der Waals surface area (Å²) >= 11 is 0. The van der Waals surface area contributed by atoms with Gasteiger partial charge in [0.25, 0.3) is 0 Å². The zero-order valence-corrected chi connectivity index (χ0v) is 13.0. The van der Waals surface area contributed by atoms with Crippen LogP contribution < -0.4 is 4.74 Å². The van der Waals surface area contributed by atoms with E-state index in [1.807, 2.05) is 18.2 Å². The summed E-state index contributed by atoms with van der Waals surface area (Å²) in [6, 6.07) is 15.2. The highest BCUT2D eigenvalue weighted by atomic mass is 19.1. The van der Waals surface area contributed by atoms with Gasteiger partial charge in [0.05, 0.1) is 18.5 Å². The molecule has 0 spiro atoms. The SMILES string of the molecule is COc1ccc(-c2cc(C=CC(=O)c3ccccc3)[nH]n2)c(F)c1. The van der Waals surface area contributed by atoms with Crippen LogP contribution in [0.15, 0.2) is 60.7 Å². The third-order valence-electron chi connectivity index (χ3n) is 3.52. The van der Waals surface area contributed by atoms with Gasteiger partial charge < -0.3 is 4.74 Å². The van der Waals surface area contributed by atoms with E-state index in [9.17, 15) is 9.18 Å². The number of hydrogen-bond donors (Lipinski definition) is 1. The zero-order valence-electron chi connectivity index (χ0n) is 13.0. The molecule has 24 heavy (non-hydrogen) atoms. The van der Waals surface area contributed by atoms with Crippen LogP contribution in [-0.2, 0) is 0 Å². The quantitative estimate of drug-likeness (QED) is 0.568. The summed E-state index contributed by atoms with van der Waals surface area (Å²) in [5.41, 5.74) is 2.04. The molecule has 0 bridgehead atoms. The maximum atomic E-state index is 14.1. The number of methoxy groups -OCH3 is 1. The van der Waals surface area contributed by atoms with Crippen molar-refractivity contribution in [2.45, 2.75) is 0 Å². The van der Waals surface area contributed by atoms with Gasteiger partial charge in [0, 0.05) is 17.2 Å². The Morgan fingerprint density at radius 3 is 2.67 bits per heavy atom. The van der Waals surface area contributed by atoms with Gasteiger partial charge in [0.15, 0.2) is 5.78 Å². The summed E-state index contributed by atoms with van der Waals surface area (Å²) in [6.07, 6.45) is 3.07. The molecule has 2 aromatic carbocycles. The van der Waals surface area contributed by atoms with E-state index < -0.39 is 5.82 Å². The van der Waals surface area contributed by atoms with Crippen LogP contribution >= 0.6 is 0 Å². The predicted molar refractivity (Wildman–Crippen MR) is 90.3 cm³/mol. The number of ketones is 1. The van der Waals surface area contributed by atoms with Crippen molar-refractivity contribution in [1.82, 2.24) is 10.2 Å². The van der Waals surface area contributed by atoms with E-state index >= 15 is 0 Å². The molecule has 120 valence electrons. The summed E-state index contributed by atoms with van der Waals surface area (Å²) in [5.74, 6) is -0.0838. The topological polar surface area (TPSA) is 55.0 Å². The third kappa shape index (κ3) is 3.41. The summed E-state index contributed by atoms with van der Waals surface area (Å²) in [6.45, 7) is 0. The van der Waals surface area contributed by atoms with Crippen LogP contribution in [0, 0.1) is 5.82 Å². The van der Waals surface area contributed by atoms with Gasteiger partial charge in [-0.05, 0) is 30.4 Å². The first kappa shape index (κ1) is 15.7. The molecule has 1 aromatic heterocycles. The Kier molecular flexibility index (Phi) is 4.52. The third-order valence-corrected chi connectivity index (χ3v) is 3.52. The first-order valence-electron chi connectivity index (χ1n) is 7.34. The molecule has 5 heteroatoms. The van der Waals surface area contributed by atoms with E-state index in [-0.39, 0.29) is 5.78 Å². The van der Waals surface area contributed by atoms with Crippen molar-refractivity contribution in [2.75, 3.05) is 7.11 Å². The normalized spacial score (nSPS) is 10.9. The number of nitrogens with zero attached hydrogens (tertiary/aromatic N) is 1. The Bertz CT molecular complexity index is 885. The second-order valence-electron chi connectivity index (χ2n) is 5.12. The Morgan fingerprint density at radius 2 is 1.96 bits per heavy atom. The fourth-order valence-corrected chi connectivity index (χ4v) is 2.25. The average molecular weight is 322 g/mol. The standard InChI is InChI=1S/C19H15FN2O2/c1-24-15-8-9-16(17(20)12-15)18-11-14(21-22-18)7-10-19(23)13-5-3-2-4-6-13/h2-12H,1H3,(H,21,22). The second-order valence-corrected chi connectivity index (χ2v) is 5.12. The van der Waals surface area contributed by atoms with Crippen LogP contribution in [0.2, 0.25) is 0 Å². The highest BCUT2D eigenvalue weighted by Crippen LogP contribution is 2.25. The number of halogens is 1. The van der Waals surface area contributed by atoms with Gasteiger partial charge in [-0.15, -0.1) is 0 Å². The maximum absolute atomic E-state index is 14.1. The van der Waals surface area contributed by atoms with Gasteiger partial charge in [-0.3, -0.25) is 9.89 Å². The van der Waals surface area contributed by atoms with E-state index in [1.165, 1.54) is 19.3 Å². The van der Waals surface area contributed by atoms with E-state index in [0.717, 1.165) is 0 Å². The lowest BCUT2D eigenvalue weighted by molar-refractivity contribution is 0.104. The van der Waals surface area contributed by atoms with Crippen molar-refractivity contribution in [2.24, 2.45) is 0 Å². The molecule has 0 aliphatic heterocycles. The van der Waals surface area contributed by atoms with Crippen LogP contribution in [0.1, 0.15) is 16.1 Å². The fourth-order valence-electron chi connectivity index (χ4n) is 2.25. The van der Waals surface area contributed by atoms with Crippen LogP contribution in [0.25, 0.3) is 17.3 Å². The molecule has 0 aliphatic rings. The fraction of sp³-hybridized carbons (Fsp3) is 0.0526. The molecule has 3 rings (SSSR count). The first-order valence-corrected chi connectivity index (χ1v) is 7.34. The van der Waals surface area contributed by atoms with Gasteiger partial charge in [0.1, 0.15) is 11.6 Å². The summed E-state index contributed by atoms with van der Waals surface area (Å²) in [4.78, 5) is 12.0. The smallest absolute Gasteiger partial charge is 0.185 e. The largest absolute Gasteiger partial charge is 0.497 e. The summed E-state index contributed by atoms with van der Waals surface area (Å²) < 4.78 is 19.0. The molecule has 0 atom stereocenters. The Hall–Kier alpha value is -3.21. The molecule has 3 aromatic rings. The lowest BCUT2D eigenvalue weighted by atomic mass is 10.1. The molecular formula is C19H15FN2O2. The van der Waals surface area contributed by atoms with E-state index in [1.54, 1.807) is 36.4 Å². The monoisotopic (exact) mass is 322 g/mol. The first-order chi connectivity index (χ1) is 11.7. The molecule has 0 aliphatic carbocycles. The van der Waals surface area contributed by atoms with Gasteiger partial charge in [-0.25, -0.2) is 4.39 Å². The minimum absolute atomic E-state index is 0.109. The Morgan fingerprint density at radius 1 is 1.17 bits per heavy atom. The summed E-state index contributed by atoms with van der Waals surface area (Å²) in [5, 5.41) is 6.87. The van der Waals surface area contributed by atoms with Crippen molar-refractivity contribution in [3.63, 3.8) is 0 Å². The molecule has 1 N–H and O–H groups in total. The van der Waals surface area contributed by atoms with Crippen molar-refractivity contribution in [3.8, 4) is 17.0 Å². The lowest BCUT2D eigenvalue weighted by Crippen LogP contribution is -1.92. The van der Waals surface area contributed by atoms with Gasteiger partial charge in [-0.1, -0.05) is 30.3 Å². The highest BCUT2D eigenvalue weighted by Gasteiger charge is 2.10. The molecule has 1 heterocycles. The minimum Gasteiger partial charge on any atom is -0.497 e. The number of carbonyl (C=O) groups is 1. The number of allylic oxidation sites excluding steroid dienone is 1. The molecule has 0 saturated heterocycles. The number of nitrogens with one attached hydrogen (secondary N) is 1. The molecule has 0 fully saturated rings. The van der Waals surface area contributed by atoms with Crippen LogP contribution in [0.3, 0.4) is 0 Å². The average Bonchev–Trinajstić information content (AvgIpc) is 3.09. The Labute approximate surface area is 138 Å². The number of carbonyl (C=O) groups excluding carboxylic acids is 1. The van der Waals surface area contributed by atoms with Crippen LogP contribution in [0.5, 0.6) is 5.75 Å². The number of hydrogen-bond acceptors (Lipinski definition) is 3. The molecule has 0 unspecified atom stereocenters. The molecular weight excluding hydrogens is 307 g/mol. The number of aromatic nitrogens is 2. The van der Waals surface area contributed by atoms with Gasteiger partial charge in [-0.2, -0.15) is 5.10 Å².